The number of benzene rings is 5. The molecule has 0 aliphatic heterocycles. The molecule has 0 radical (unpaired) electrons. The number of hydrogen-bond donors (Lipinski definition) is 0. The van der Waals surface area contributed by atoms with Gasteiger partial charge in [0.15, 0.2) is 0 Å². The zero-order chi connectivity index (χ0) is 26.1. The van der Waals surface area contributed by atoms with Crippen LogP contribution in [0.15, 0.2) is 107 Å². The third kappa shape index (κ3) is 3.45. The molecule has 39 heavy (non-hydrogen) atoms. The van der Waals surface area contributed by atoms with Crippen LogP contribution >= 0.6 is 11.8 Å². The summed E-state index contributed by atoms with van der Waals surface area (Å²) in [5.74, 6) is 0. The van der Waals surface area contributed by atoms with Gasteiger partial charge in [-0.15, -0.1) is 0 Å². The van der Waals surface area contributed by atoms with Gasteiger partial charge in [0, 0.05) is 27.6 Å². The summed E-state index contributed by atoms with van der Waals surface area (Å²) in [7, 11) is 0. The van der Waals surface area contributed by atoms with Gasteiger partial charge in [0.05, 0.1) is 0 Å². The molecule has 1 aromatic heterocycles. The van der Waals surface area contributed by atoms with Gasteiger partial charge in [0.2, 0.25) is 0 Å². The second-order valence-electron chi connectivity index (χ2n) is 10.8. The van der Waals surface area contributed by atoms with Gasteiger partial charge in [-0.25, -0.2) is 0 Å². The molecule has 8 rings (SSSR count). The maximum absolute atomic E-state index is 4.64. The van der Waals surface area contributed by atoms with E-state index >= 15 is 0 Å². The molecule has 186 valence electrons. The van der Waals surface area contributed by atoms with E-state index in [1.165, 1.54) is 86.6 Å². The summed E-state index contributed by atoms with van der Waals surface area (Å²) in [6.45, 7) is 4.37. The number of fused-ring (bicyclic) bond motifs is 2. The maximum Gasteiger partial charge on any atom is 0.0353 e. The van der Waals surface area contributed by atoms with Crippen molar-refractivity contribution in [3.05, 3.63) is 125 Å². The standard InChI is InChI=1S/C37H27NS/c1-22-10-15-27(20-23(22)2)39-37-31-9-4-3-8-28(31)36(33-21-38-19-18-32(33)37)30-17-14-26-12-11-24-6-5-7-25-13-16-29(30)35(26)34(24)25/h3-5,7-11,13-21H,6,12H2,1-2H3. The number of nitrogens with zero attached hydrogens (tertiary/aromatic N) is 1. The predicted molar refractivity (Wildman–Crippen MR) is 168 cm³/mol. The van der Waals surface area contributed by atoms with Crippen molar-refractivity contribution in [2.45, 2.75) is 36.5 Å². The fourth-order valence-electron chi connectivity index (χ4n) is 6.52. The van der Waals surface area contributed by atoms with E-state index in [9.17, 15) is 0 Å². The Labute approximate surface area is 232 Å². The molecule has 1 nitrogen and oxygen atoms in total. The van der Waals surface area contributed by atoms with Crippen molar-refractivity contribution in [3.8, 4) is 11.1 Å². The fraction of sp³-hybridized carbons (Fsp3) is 0.108. The largest absolute Gasteiger partial charge is 0.264 e. The fourth-order valence-corrected chi connectivity index (χ4v) is 7.70. The Morgan fingerprint density at radius 2 is 1.59 bits per heavy atom. The third-order valence-corrected chi connectivity index (χ3v) is 9.70. The van der Waals surface area contributed by atoms with Crippen LogP contribution in [0, 0.1) is 13.8 Å². The van der Waals surface area contributed by atoms with Crippen LogP contribution in [-0.2, 0) is 6.42 Å². The van der Waals surface area contributed by atoms with Gasteiger partial charge in [-0.1, -0.05) is 84.6 Å². The normalized spacial score (nSPS) is 13.8. The van der Waals surface area contributed by atoms with Gasteiger partial charge < -0.3 is 0 Å². The second kappa shape index (κ2) is 8.69. The van der Waals surface area contributed by atoms with Gasteiger partial charge in [-0.3, -0.25) is 4.98 Å². The molecule has 0 unspecified atom stereocenters. The molecule has 2 aliphatic rings. The first-order valence-electron chi connectivity index (χ1n) is 13.7. The minimum absolute atomic E-state index is 1.00. The van der Waals surface area contributed by atoms with Gasteiger partial charge in [-0.05, 0) is 116 Å². The van der Waals surface area contributed by atoms with Crippen LogP contribution in [0.5, 0.6) is 0 Å². The number of pyridine rings is 1. The Morgan fingerprint density at radius 3 is 2.49 bits per heavy atom. The minimum atomic E-state index is 1.00. The van der Waals surface area contributed by atoms with E-state index in [1.54, 1.807) is 0 Å². The zero-order valence-electron chi connectivity index (χ0n) is 22.1. The summed E-state index contributed by atoms with van der Waals surface area (Å²) < 4.78 is 0. The van der Waals surface area contributed by atoms with Gasteiger partial charge in [0.1, 0.15) is 0 Å². The van der Waals surface area contributed by atoms with Crippen LogP contribution in [0.3, 0.4) is 0 Å². The molecule has 2 aliphatic carbocycles. The summed E-state index contributed by atoms with van der Waals surface area (Å²) in [5, 5.41) is 7.82. The molecule has 0 N–H and O–H groups in total. The van der Waals surface area contributed by atoms with Crippen molar-refractivity contribution >= 4 is 55.7 Å². The molecule has 6 aromatic rings. The molecule has 0 fully saturated rings. The average molecular weight is 518 g/mol. The highest BCUT2D eigenvalue weighted by Gasteiger charge is 2.23. The summed E-state index contributed by atoms with van der Waals surface area (Å²) in [4.78, 5) is 7.21. The molecule has 0 amide bonds. The van der Waals surface area contributed by atoms with Crippen molar-refractivity contribution in [1.29, 1.82) is 0 Å². The van der Waals surface area contributed by atoms with Crippen LogP contribution in [0.1, 0.15) is 34.2 Å². The maximum atomic E-state index is 4.64. The van der Waals surface area contributed by atoms with E-state index in [4.69, 9.17) is 0 Å². The number of allylic oxidation sites excluding steroid dienone is 3. The Balaban J connectivity index is 1.45. The Morgan fingerprint density at radius 1 is 0.718 bits per heavy atom. The summed E-state index contributed by atoms with van der Waals surface area (Å²) in [6, 6.07) is 27.3. The number of rotatable bonds is 3. The van der Waals surface area contributed by atoms with Gasteiger partial charge >= 0.3 is 0 Å². The van der Waals surface area contributed by atoms with Crippen molar-refractivity contribution in [2.75, 3.05) is 0 Å². The average Bonchev–Trinajstić information content (AvgIpc) is 2.98. The minimum Gasteiger partial charge on any atom is -0.264 e. The van der Waals surface area contributed by atoms with E-state index in [1.807, 2.05) is 18.0 Å². The smallest absolute Gasteiger partial charge is 0.0353 e. The van der Waals surface area contributed by atoms with Crippen molar-refractivity contribution in [2.24, 2.45) is 0 Å². The number of hydrogen-bond acceptors (Lipinski definition) is 2. The molecular formula is C37H27NS. The topological polar surface area (TPSA) is 12.9 Å². The highest BCUT2D eigenvalue weighted by Crippen LogP contribution is 2.48. The second-order valence-corrected chi connectivity index (χ2v) is 11.9. The molecule has 0 bridgehead atoms. The first kappa shape index (κ1) is 22.8. The molecule has 5 aromatic carbocycles. The molecule has 1 heterocycles. The molecular weight excluding hydrogens is 490 g/mol. The van der Waals surface area contributed by atoms with Crippen LogP contribution in [-0.4, -0.2) is 4.98 Å². The lowest BCUT2D eigenvalue weighted by Crippen LogP contribution is -2.04. The number of aryl methyl sites for hydroxylation is 2. The lowest BCUT2D eigenvalue weighted by molar-refractivity contribution is 1.23. The van der Waals surface area contributed by atoms with Crippen molar-refractivity contribution in [1.82, 2.24) is 4.98 Å². The zero-order valence-corrected chi connectivity index (χ0v) is 22.9. The van der Waals surface area contributed by atoms with E-state index in [0.717, 1.165) is 12.8 Å². The van der Waals surface area contributed by atoms with E-state index in [0.29, 0.717) is 0 Å². The van der Waals surface area contributed by atoms with Crippen LogP contribution in [0.25, 0.3) is 55.1 Å². The predicted octanol–water partition coefficient (Wildman–Crippen LogP) is 10.3. The van der Waals surface area contributed by atoms with Gasteiger partial charge in [-0.2, -0.15) is 0 Å². The highest BCUT2D eigenvalue weighted by atomic mass is 32.2. The molecule has 0 saturated carbocycles. The Kier molecular flexibility index (Phi) is 5.08. The monoisotopic (exact) mass is 517 g/mol. The van der Waals surface area contributed by atoms with Crippen LogP contribution in [0.4, 0.5) is 0 Å². The van der Waals surface area contributed by atoms with E-state index < -0.39 is 0 Å². The lowest BCUT2D eigenvalue weighted by Gasteiger charge is -2.25. The SMILES string of the molecule is Cc1ccc(Sc2c3ccccc3c(-c3ccc4c5c6c(ccc35)C=CCC6=CC4)c3cnccc23)cc1C. The highest BCUT2D eigenvalue weighted by molar-refractivity contribution is 7.99. The number of aromatic nitrogens is 1. The molecule has 0 saturated heterocycles. The summed E-state index contributed by atoms with van der Waals surface area (Å²) >= 11 is 1.86. The van der Waals surface area contributed by atoms with Gasteiger partial charge in [0.25, 0.3) is 0 Å². The quantitative estimate of drug-likeness (QED) is 0.217. The first-order valence-corrected chi connectivity index (χ1v) is 14.5. The first-order chi connectivity index (χ1) is 19.2. The summed E-state index contributed by atoms with van der Waals surface area (Å²) in [5.41, 5.74) is 10.9. The molecule has 0 spiro atoms. The van der Waals surface area contributed by atoms with Crippen molar-refractivity contribution in [3.63, 3.8) is 0 Å². The lowest BCUT2D eigenvalue weighted by atomic mass is 9.79. The van der Waals surface area contributed by atoms with Crippen LogP contribution in [0.2, 0.25) is 0 Å². The summed E-state index contributed by atoms with van der Waals surface area (Å²) in [6.07, 6.45) is 13.1. The van der Waals surface area contributed by atoms with Crippen LogP contribution < -0.4 is 0 Å². The van der Waals surface area contributed by atoms with E-state index in [-0.39, 0.29) is 0 Å². The van der Waals surface area contributed by atoms with E-state index in [2.05, 4.69) is 116 Å². The Hall–Kier alpha value is -4.14. The Bertz CT molecular complexity index is 2000. The molecule has 0 atom stereocenters. The van der Waals surface area contributed by atoms with Crippen molar-refractivity contribution < 1.29 is 0 Å². The third-order valence-electron chi connectivity index (χ3n) is 8.57. The molecule has 2 heteroatoms.